The van der Waals surface area contributed by atoms with Gasteiger partial charge < -0.3 is 9.52 Å². The van der Waals surface area contributed by atoms with Crippen molar-refractivity contribution in [1.82, 2.24) is 0 Å². The zero-order valence-corrected chi connectivity index (χ0v) is 10.1. The Balaban J connectivity index is 2.00. The van der Waals surface area contributed by atoms with Crippen molar-refractivity contribution in [1.29, 1.82) is 0 Å². The van der Waals surface area contributed by atoms with Crippen LogP contribution in [0.3, 0.4) is 0 Å². The van der Waals surface area contributed by atoms with E-state index in [1.165, 1.54) is 5.56 Å². The van der Waals surface area contributed by atoms with Crippen LogP contribution in [0.2, 0.25) is 0 Å². The molecule has 2 heteroatoms. The van der Waals surface area contributed by atoms with Gasteiger partial charge >= 0.3 is 0 Å². The van der Waals surface area contributed by atoms with E-state index in [0.29, 0.717) is 5.76 Å². The Morgan fingerprint density at radius 2 is 1.72 bits per heavy atom. The number of aliphatic hydroxyl groups is 1. The SMILES string of the molecule is Cc1ccc(C(O)c2cc3ccccc3o2)cc1. The van der Waals surface area contributed by atoms with E-state index in [-0.39, 0.29) is 0 Å². The lowest BCUT2D eigenvalue weighted by atomic mass is 10.1. The minimum Gasteiger partial charge on any atom is -0.458 e. The van der Waals surface area contributed by atoms with Crippen molar-refractivity contribution in [3.63, 3.8) is 0 Å². The average molecular weight is 238 g/mol. The molecule has 1 aromatic heterocycles. The first-order chi connectivity index (χ1) is 8.74. The lowest BCUT2D eigenvalue weighted by molar-refractivity contribution is 0.192. The molecule has 1 atom stereocenters. The molecule has 1 unspecified atom stereocenters. The van der Waals surface area contributed by atoms with E-state index < -0.39 is 6.10 Å². The third-order valence-electron chi connectivity index (χ3n) is 3.11. The molecule has 0 fully saturated rings. The first-order valence-corrected chi connectivity index (χ1v) is 5.97. The molecule has 0 amide bonds. The minimum atomic E-state index is -0.710. The fourth-order valence-corrected chi connectivity index (χ4v) is 2.05. The Labute approximate surface area is 105 Å². The smallest absolute Gasteiger partial charge is 0.138 e. The van der Waals surface area contributed by atoms with Crippen molar-refractivity contribution in [3.05, 3.63) is 71.5 Å². The number of furan rings is 1. The number of para-hydroxylation sites is 1. The van der Waals surface area contributed by atoms with Gasteiger partial charge in [0, 0.05) is 5.39 Å². The summed E-state index contributed by atoms with van der Waals surface area (Å²) in [5, 5.41) is 11.3. The summed E-state index contributed by atoms with van der Waals surface area (Å²) in [6.45, 7) is 2.03. The van der Waals surface area contributed by atoms with Gasteiger partial charge in [-0.1, -0.05) is 48.0 Å². The Morgan fingerprint density at radius 3 is 2.44 bits per heavy atom. The first kappa shape index (κ1) is 11.1. The highest BCUT2D eigenvalue weighted by Gasteiger charge is 2.15. The second-order valence-corrected chi connectivity index (χ2v) is 4.50. The molecule has 0 saturated heterocycles. The molecule has 2 nitrogen and oxygen atoms in total. The van der Waals surface area contributed by atoms with Gasteiger partial charge in [-0.3, -0.25) is 0 Å². The summed E-state index contributed by atoms with van der Waals surface area (Å²) in [6, 6.07) is 17.5. The molecule has 0 saturated carbocycles. The van der Waals surface area contributed by atoms with E-state index in [0.717, 1.165) is 16.5 Å². The summed E-state index contributed by atoms with van der Waals surface area (Å²) in [5.74, 6) is 0.583. The quantitative estimate of drug-likeness (QED) is 0.736. The number of hydrogen-bond donors (Lipinski definition) is 1. The molecular formula is C16H14O2. The summed E-state index contributed by atoms with van der Waals surface area (Å²) < 4.78 is 5.66. The second-order valence-electron chi connectivity index (χ2n) is 4.50. The molecular weight excluding hydrogens is 224 g/mol. The highest BCUT2D eigenvalue weighted by atomic mass is 16.4. The van der Waals surface area contributed by atoms with Crippen LogP contribution in [-0.2, 0) is 0 Å². The summed E-state index contributed by atoms with van der Waals surface area (Å²) in [7, 11) is 0. The summed E-state index contributed by atoms with van der Waals surface area (Å²) in [6.07, 6.45) is -0.710. The molecule has 0 spiro atoms. The van der Waals surface area contributed by atoms with E-state index in [1.54, 1.807) is 0 Å². The third-order valence-corrected chi connectivity index (χ3v) is 3.11. The fraction of sp³-hybridized carbons (Fsp3) is 0.125. The van der Waals surface area contributed by atoms with Gasteiger partial charge in [0.15, 0.2) is 0 Å². The van der Waals surface area contributed by atoms with Gasteiger partial charge in [-0.15, -0.1) is 0 Å². The van der Waals surface area contributed by atoms with Crippen molar-refractivity contribution >= 4 is 11.0 Å². The molecule has 3 aromatic rings. The van der Waals surface area contributed by atoms with Crippen molar-refractivity contribution < 1.29 is 9.52 Å². The predicted octanol–water partition coefficient (Wildman–Crippen LogP) is 3.82. The van der Waals surface area contributed by atoms with Gasteiger partial charge in [0.05, 0.1) is 0 Å². The number of aliphatic hydroxyl groups excluding tert-OH is 1. The largest absolute Gasteiger partial charge is 0.458 e. The third kappa shape index (κ3) is 1.91. The van der Waals surface area contributed by atoms with Gasteiger partial charge in [0.1, 0.15) is 17.4 Å². The Hall–Kier alpha value is -2.06. The fourth-order valence-electron chi connectivity index (χ4n) is 2.05. The first-order valence-electron chi connectivity index (χ1n) is 5.97. The summed E-state index contributed by atoms with van der Waals surface area (Å²) >= 11 is 0. The molecule has 0 bridgehead atoms. The number of benzene rings is 2. The topological polar surface area (TPSA) is 33.4 Å². The normalized spacial score (nSPS) is 12.8. The predicted molar refractivity (Wildman–Crippen MR) is 71.5 cm³/mol. The van der Waals surface area contributed by atoms with E-state index >= 15 is 0 Å². The molecule has 0 radical (unpaired) electrons. The van der Waals surface area contributed by atoms with E-state index in [4.69, 9.17) is 4.42 Å². The zero-order valence-electron chi connectivity index (χ0n) is 10.1. The Morgan fingerprint density at radius 1 is 1.00 bits per heavy atom. The number of hydrogen-bond acceptors (Lipinski definition) is 2. The molecule has 3 rings (SSSR count). The monoisotopic (exact) mass is 238 g/mol. The molecule has 18 heavy (non-hydrogen) atoms. The van der Waals surface area contributed by atoms with Gasteiger partial charge in [-0.2, -0.15) is 0 Å². The highest BCUT2D eigenvalue weighted by molar-refractivity contribution is 5.77. The van der Waals surface area contributed by atoms with E-state index in [2.05, 4.69) is 0 Å². The van der Waals surface area contributed by atoms with E-state index in [1.807, 2.05) is 61.5 Å². The van der Waals surface area contributed by atoms with Gasteiger partial charge in [0.25, 0.3) is 0 Å². The molecule has 1 heterocycles. The average Bonchev–Trinajstić information content (AvgIpc) is 2.82. The van der Waals surface area contributed by atoms with Crippen LogP contribution in [0.4, 0.5) is 0 Å². The second kappa shape index (κ2) is 4.31. The number of fused-ring (bicyclic) bond motifs is 1. The molecule has 0 aliphatic rings. The lowest BCUT2D eigenvalue weighted by Gasteiger charge is -2.07. The highest BCUT2D eigenvalue weighted by Crippen LogP contribution is 2.28. The van der Waals surface area contributed by atoms with Crippen LogP contribution >= 0.6 is 0 Å². The van der Waals surface area contributed by atoms with Crippen molar-refractivity contribution in [3.8, 4) is 0 Å². The van der Waals surface area contributed by atoms with Crippen LogP contribution in [0.5, 0.6) is 0 Å². The lowest BCUT2D eigenvalue weighted by Crippen LogP contribution is -1.97. The minimum absolute atomic E-state index is 0.583. The Bertz CT molecular complexity index is 632. The maximum absolute atomic E-state index is 10.3. The molecule has 2 aromatic carbocycles. The van der Waals surface area contributed by atoms with Crippen LogP contribution < -0.4 is 0 Å². The maximum Gasteiger partial charge on any atom is 0.138 e. The summed E-state index contributed by atoms with van der Waals surface area (Å²) in [5.41, 5.74) is 2.83. The molecule has 90 valence electrons. The van der Waals surface area contributed by atoms with Crippen LogP contribution in [0, 0.1) is 6.92 Å². The summed E-state index contributed by atoms with van der Waals surface area (Å²) in [4.78, 5) is 0. The van der Waals surface area contributed by atoms with Gasteiger partial charge in [-0.05, 0) is 24.6 Å². The molecule has 1 N–H and O–H groups in total. The van der Waals surface area contributed by atoms with Crippen LogP contribution in [0.1, 0.15) is 23.0 Å². The number of rotatable bonds is 2. The van der Waals surface area contributed by atoms with Crippen molar-refractivity contribution in [2.24, 2.45) is 0 Å². The molecule has 0 aliphatic carbocycles. The number of aryl methyl sites for hydroxylation is 1. The van der Waals surface area contributed by atoms with Gasteiger partial charge in [0.2, 0.25) is 0 Å². The van der Waals surface area contributed by atoms with Crippen LogP contribution in [-0.4, -0.2) is 5.11 Å². The Kier molecular flexibility index (Phi) is 2.65. The van der Waals surface area contributed by atoms with Gasteiger partial charge in [-0.25, -0.2) is 0 Å². The standard InChI is InChI=1S/C16H14O2/c1-11-6-8-12(9-7-11)16(17)15-10-13-4-2-3-5-14(13)18-15/h2-10,16-17H,1H3. The van der Waals surface area contributed by atoms with Crippen molar-refractivity contribution in [2.75, 3.05) is 0 Å². The van der Waals surface area contributed by atoms with E-state index in [9.17, 15) is 5.11 Å². The van der Waals surface area contributed by atoms with Crippen LogP contribution in [0.15, 0.2) is 59.0 Å². The maximum atomic E-state index is 10.3. The van der Waals surface area contributed by atoms with Crippen LogP contribution in [0.25, 0.3) is 11.0 Å². The zero-order chi connectivity index (χ0) is 12.5. The molecule has 0 aliphatic heterocycles. The van der Waals surface area contributed by atoms with Crippen molar-refractivity contribution in [2.45, 2.75) is 13.0 Å².